The van der Waals surface area contributed by atoms with Crippen molar-refractivity contribution in [1.82, 2.24) is 15.0 Å². The van der Waals surface area contributed by atoms with Crippen LogP contribution in [-0.2, 0) is 4.79 Å². The number of ketones is 1. The van der Waals surface area contributed by atoms with Gasteiger partial charge in [0.2, 0.25) is 11.7 Å². The van der Waals surface area contributed by atoms with Gasteiger partial charge in [-0.05, 0) is 49.7 Å². The molecule has 1 atom stereocenters. The third-order valence-electron chi connectivity index (χ3n) is 5.66. The molecule has 158 valence electrons. The Morgan fingerprint density at radius 1 is 1.19 bits per heavy atom. The number of Topliss-reactive ketones (excluding diaryl/α,β-unsaturated/α-hetero) is 1. The highest BCUT2D eigenvalue weighted by Crippen LogP contribution is 2.33. The van der Waals surface area contributed by atoms with Gasteiger partial charge in [0.15, 0.2) is 0 Å². The molecule has 0 radical (unpaired) electrons. The van der Waals surface area contributed by atoms with E-state index in [1.165, 1.54) is 17.0 Å². The lowest BCUT2D eigenvalue weighted by molar-refractivity contribution is -0.114. The Hall–Kier alpha value is -2.91. The van der Waals surface area contributed by atoms with Gasteiger partial charge in [-0.1, -0.05) is 33.2 Å². The second-order valence-corrected chi connectivity index (χ2v) is 8.66. The summed E-state index contributed by atoms with van der Waals surface area (Å²) in [5.74, 6) is -0.501. The minimum atomic E-state index is -0.513. The molecule has 0 N–H and O–H groups in total. The second-order valence-electron chi connectivity index (χ2n) is 7.75. The van der Waals surface area contributed by atoms with Gasteiger partial charge in [-0.25, -0.2) is 4.39 Å². The minimum absolute atomic E-state index is 0.000976. The van der Waals surface area contributed by atoms with Crippen LogP contribution >= 0.6 is 15.9 Å². The summed E-state index contributed by atoms with van der Waals surface area (Å²) in [4.78, 5) is 33.0. The van der Waals surface area contributed by atoms with Crippen molar-refractivity contribution in [2.24, 2.45) is 0 Å². The molecule has 2 aliphatic heterocycles. The van der Waals surface area contributed by atoms with E-state index in [-0.39, 0.29) is 11.7 Å². The normalized spacial score (nSPS) is 19.2. The summed E-state index contributed by atoms with van der Waals surface area (Å²) >= 11 is 3.41. The summed E-state index contributed by atoms with van der Waals surface area (Å²) in [5.41, 5.74) is 1.61. The first-order chi connectivity index (χ1) is 15.0. The van der Waals surface area contributed by atoms with Crippen LogP contribution in [0.2, 0.25) is 0 Å². The van der Waals surface area contributed by atoms with Crippen molar-refractivity contribution in [3.63, 3.8) is 0 Å². The zero-order valence-electron chi connectivity index (χ0n) is 16.4. The average Bonchev–Trinajstić information content (AvgIpc) is 3.34. The van der Waals surface area contributed by atoms with Crippen LogP contribution in [0.3, 0.4) is 0 Å². The number of benzene rings is 2. The van der Waals surface area contributed by atoms with Gasteiger partial charge in [0.25, 0.3) is 5.78 Å². The number of carbonyl (C=O) groups is 2. The van der Waals surface area contributed by atoms with Gasteiger partial charge in [0.05, 0.1) is 23.8 Å². The summed E-state index contributed by atoms with van der Waals surface area (Å²) in [7, 11) is 0. The van der Waals surface area contributed by atoms with Gasteiger partial charge in [-0.15, -0.1) is 0 Å². The fourth-order valence-corrected chi connectivity index (χ4v) is 4.49. The van der Waals surface area contributed by atoms with Crippen LogP contribution in [0.4, 0.5) is 10.1 Å². The van der Waals surface area contributed by atoms with Gasteiger partial charge in [-0.2, -0.15) is 4.98 Å². The van der Waals surface area contributed by atoms with Crippen molar-refractivity contribution in [3.05, 3.63) is 64.2 Å². The molecule has 2 aromatic carbocycles. The average molecular weight is 485 g/mol. The molecule has 0 saturated carbocycles. The van der Waals surface area contributed by atoms with Crippen LogP contribution in [-0.4, -0.2) is 46.5 Å². The van der Waals surface area contributed by atoms with Crippen molar-refractivity contribution in [3.8, 4) is 11.4 Å². The first-order valence-electron chi connectivity index (χ1n) is 9.97. The Bertz CT molecular complexity index is 1180. The number of halogens is 2. The standard InChI is InChI=1S/C22H18BrFN4O3/c23-15-6-7-17-18(10-15)28(22(30)19(17)29)12-27-8-2-4-14(11-27)21-25-20(26-31-21)13-3-1-5-16(24)9-13/h1,3,5-7,9-10,14H,2,4,8,11-12H2/t14-/m1/s1. The van der Waals surface area contributed by atoms with E-state index in [9.17, 15) is 14.0 Å². The molecule has 31 heavy (non-hydrogen) atoms. The molecule has 1 fully saturated rings. The van der Waals surface area contributed by atoms with Gasteiger partial charge in [0, 0.05) is 16.6 Å². The molecule has 5 rings (SSSR count). The van der Waals surface area contributed by atoms with Crippen LogP contribution in [0.1, 0.15) is 35.0 Å². The number of aromatic nitrogens is 2. The van der Waals surface area contributed by atoms with Crippen LogP contribution in [0.15, 0.2) is 51.5 Å². The first-order valence-corrected chi connectivity index (χ1v) is 10.8. The highest BCUT2D eigenvalue weighted by molar-refractivity contribution is 9.10. The molecule has 0 spiro atoms. The van der Waals surface area contributed by atoms with Crippen LogP contribution < -0.4 is 4.90 Å². The van der Waals surface area contributed by atoms with Crippen LogP contribution in [0.5, 0.6) is 0 Å². The Balaban J connectivity index is 1.32. The Kier molecular flexibility index (Phi) is 5.15. The summed E-state index contributed by atoms with van der Waals surface area (Å²) in [5, 5.41) is 4.01. The molecular formula is C22H18BrFN4O3. The predicted molar refractivity (Wildman–Crippen MR) is 114 cm³/mol. The largest absolute Gasteiger partial charge is 0.339 e. The first kappa shape index (κ1) is 20.0. The van der Waals surface area contributed by atoms with Crippen molar-refractivity contribution < 1.29 is 18.5 Å². The molecule has 3 aromatic rings. The number of hydrogen-bond acceptors (Lipinski definition) is 6. The maximum absolute atomic E-state index is 13.5. The Labute approximate surface area is 186 Å². The van der Waals surface area contributed by atoms with Gasteiger partial charge < -0.3 is 4.52 Å². The topological polar surface area (TPSA) is 79.5 Å². The molecule has 2 aliphatic rings. The fraction of sp³-hybridized carbons (Fsp3) is 0.273. The molecule has 1 amide bonds. The maximum Gasteiger partial charge on any atom is 0.300 e. The predicted octanol–water partition coefficient (Wildman–Crippen LogP) is 4.00. The number of anilines is 1. The Morgan fingerprint density at radius 3 is 2.90 bits per heavy atom. The van der Waals surface area contributed by atoms with E-state index in [2.05, 4.69) is 31.0 Å². The molecule has 0 bridgehead atoms. The van der Waals surface area contributed by atoms with Crippen LogP contribution in [0.25, 0.3) is 11.4 Å². The summed E-state index contributed by atoms with van der Waals surface area (Å²) < 4.78 is 19.8. The van der Waals surface area contributed by atoms with Gasteiger partial charge in [0.1, 0.15) is 5.82 Å². The molecule has 1 aromatic heterocycles. The van der Waals surface area contributed by atoms with E-state index in [1.807, 2.05) is 0 Å². The summed E-state index contributed by atoms with van der Waals surface area (Å²) in [6.45, 7) is 1.73. The minimum Gasteiger partial charge on any atom is -0.339 e. The number of piperidine rings is 1. The smallest absolute Gasteiger partial charge is 0.300 e. The third-order valence-corrected chi connectivity index (χ3v) is 6.15. The lowest BCUT2D eigenvalue weighted by atomic mass is 9.98. The van der Waals surface area contributed by atoms with E-state index in [4.69, 9.17) is 4.52 Å². The highest BCUT2D eigenvalue weighted by atomic mass is 79.9. The van der Waals surface area contributed by atoms with E-state index in [0.717, 1.165) is 23.9 Å². The number of rotatable bonds is 4. The molecule has 0 unspecified atom stereocenters. The quantitative estimate of drug-likeness (QED) is 0.520. The lowest BCUT2D eigenvalue weighted by Crippen LogP contribution is -2.44. The lowest BCUT2D eigenvalue weighted by Gasteiger charge is -2.33. The molecule has 1 saturated heterocycles. The zero-order chi connectivity index (χ0) is 21.5. The third kappa shape index (κ3) is 3.79. The maximum atomic E-state index is 13.5. The van der Waals surface area contributed by atoms with Crippen molar-refractivity contribution in [2.45, 2.75) is 18.8 Å². The molecule has 3 heterocycles. The molecule has 9 heteroatoms. The number of amides is 1. The fourth-order valence-electron chi connectivity index (χ4n) is 4.14. The SMILES string of the molecule is O=C1C(=O)N(CN2CCC[C@@H](c3nc(-c4cccc(F)c4)no3)C2)c2cc(Br)ccc21. The van der Waals surface area contributed by atoms with Crippen molar-refractivity contribution in [1.29, 1.82) is 0 Å². The van der Waals surface area contributed by atoms with Gasteiger partial charge >= 0.3 is 5.91 Å². The number of fused-ring (bicyclic) bond motifs is 1. The monoisotopic (exact) mass is 484 g/mol. The van der Waals surface area contributed by atoms with Crippen molar-refractivity contribution >= 4 is 33.3 Å². The molecule has 7 nitrogen and oxygen atoms in total. The zero-order valence-corrected chi connectivity index (χ0v) is 18.0. The number of nitrogens with zero attached hydrogens (tertiary/aromatic N) is 4. The number of likely N-dealkylation sites (tertiary alicyclic amines) is 1. The van der Waals surface area contributed by atoms with Crippen molar-refractivity contribution in [2.75, 3.05) is 24.7 Å². The van der Waals surface area contributed by atoms with E-state index in [1.54, 1.807) is 30.3 Å². The highest BCUT2D eigenvalue weighted by Gasteiger charge is 2.37. The van der Waals surface area contributed by atoms with Gasteiger partial charge in [-0.3, -0.25) is 19.4 Å². The molecular weight excluding hydrogens is 467 g/mol. The number of hydrogen-bond donors (Lipinski definition) is 0. The Morgan fingerprint density at radius 2 is 2.06 bits per heavy atom. The van der Waals surface area contributed by atoms with Crippen LogP contribution in [0, 0.1) is 5.82 Å². The number of carbonyl (C=O) groups excluding carboxylic acids is 2. The van der Waals surface area contributed by atoms with E-state index < -0.39 is 11.7 Å². The second kappa shape index (κ2) is 7.97. The molecule has 0 aliphatic carbocycles. The van der Waals surface area contributed by atoms with E-state index >= 15 is 0 Å². The summed E-state index contributed by atoms with van der Waals surface area (Å²) in [6.07, 6.45) is 1.76. The summed E-state index contributed by atoms with van der Waals surface area (Å²) in [6, 6.07) is 11.3. The van der Waals surface area contributed by atoms with E-state index in [0.29, 0.717) is 41.7 Å².